The third-order valence-corrected chi connectivity index (χ3v) is 4.60. The van der Waals surface area contributed by atoms with E-state index in [1.807, 2.05) is 0 Å². The van der Waals surface area contributed by atoms with Crippen LogP contribution in [0.3, 0.4) is 0 Å². The van der Waals surface area contributed by atoms with Crippen LogP contribution in [-0.4, -0.2) is 33.2 Å². The van der Waals surface area contributed by atoms with Crippen LogP contribution in [0, 0.1) is 0 Å². The molecule has 116 valence electrons. The molecule has 4 nitrogen and oxygen atoms in total. The first-order chi connectivity index (χ1) is 9.77. The first-order valence-electron chi connectivity index (χ1n) is 6.21. The maximum absolute atomic E-state index is 12.6. The van der Waals surface area contributed by atoms with Gasteiger partial charge in [0.2, 0.25) is 0 Å². The average Bonchev–Trinajstić information content (AvgIpc) is 2.86. The van der Waals surface area contributed by atoms with Crippen LogP contribution in [0.1, 0.15) is 18.4 Å². The molecule has 0 saturated carbocycles. The highest BCUT2D eigenvalue weighted by atomic mass is 32.2. The van der Waals surface area contributed by atoms with Crippen molar-refractivity contribution in [2.24, 2.45) is 0 Å². The second-order valence-corrected chi connectivity index (χ2v) is 6.20. The van der Waals surface area contributed by atoms with E-state index in [1.54, 1.807) is 0 Å². The van der Waals surface area contributed by atoms with Crippen LogP contribution in [0.25, 0.3) is 0 Å². The van der Waals surface area contributed by atoms with Crippen LogP contribution in [0.5, 0.6) is 0 Å². The Balaban J connectivity index is 2.03. The molecule has 3 unspecified atom stereocenters. The van der Waals surface area contributed by atoms with E-state index in [0.29, 0.717) is 12.8 Å². The summed E-state index contributed by atoms with van der Waals surface area (Å²) in [6.07, 6.45) is -5.17. The SMILES string of the molecule is O=C(O)C1CCC(CS(=O)c2cccc(C(F)(F)F)c2)O1. The van der Waals surface area contributed by atoms with Crippen molar-refractivity contribution in [1.29, 1.82) is 0 Å². The fraction of sp³-hybridized carbons (Fsp3) is 0.462. The lowest BCUT2D eigenvalue weighted by Crippen LogP contribution is -2.23. The number of ether oxygens (including phenoxy) is 1. The second-order valence-electron chi connectivity index (χ2n) is 4.70. The minimum absolute atomic E-state index is 0.00884. The maximum Gasteiger partial charge on any atom is 0.416 e. The minimum Gasteiger partial charge on any atom is -0.479 e. The number of hydrogen-bond donors (Lipinski definition) is 1. The molecule has 1 aliphatic rings. The summed E-state index contributed by atoms with van der Waals surface area (Å²) in [7, 11) is -1.66. The Bertz CT molecular complexity index is 559. The molecule has 1 N–H and O–H groups in total. The Labute approximate surface area is 121 Å². The van der Waals surface area contributed by atoms with E-state index in [1.165, 1.54) is 12.1 Å². The Morgan fingerprint density at radius 3 is 2.67 bits per heavy atom. The molecule has 3 atom stereocenters. The summed E-state index contributed by atoms with van der Waals surface area (Å²) < 4.78 is 55.0. The van der Waals surface area contributed by atoms with Crippen molar-refractivity contribution in [3.63, 3.8) is 0 Å². The van der Waals surface area contributed by atoms with Crippen molar-refractivity contribution in [2.45, 2.75) is 36.1 Å². The smallest absolute Gasteiger partial charge is 0.416 e. The van der Waals surface area contributed by atoms with Crippen LogP contribution in [0.4, 0.5) is 13.2 Å². The predicted octanol–water partition coefficient (Wildman–Crippen LogP) is 2.45. The van der Waals surface area contributed by atoms with Gasteiger partial charge in [-0.05, 0) is 31.0 Å². The zero-order chi connectivity index (χ0) is 15.6. The average molecular weight is 322 g/mol. The number of halogens is 3. The Morgan fingerprint density at radius 1 is 1.38 bits per heavy atom. The summed E-state index contributed by atoms with van der Waals surface area (Å²) in [6, 6.07) is 4.31. The van der Waals surface area contributed by atoms with Crippen molar-refractivity contribution in [3.8, 4) is 0 Å². The monoisotopic (exact) mass is 322 g/mol. The highest BCUT2D eigenvalue weighted by molar-refractivity contribution is 7.85. The van der Waals surface area contributed by atoms with Crippen LogP contribution < -0.4 is 0 Å². The number of carboxylic acid groups (broad SMARTS) is 1. The minimum atomic E-state index is -4.49. The summed E-state index contributed by atoms with van der Waals surface area (Å²) >= 11 is 0. The number of aliphatic carboxylic acids is 1. The van der Waals surface area contributed by atoms with Crippen molar-refractivity contribution < 1.29 is 32.0 Å². The molecule has 1 aliphatic heterocycles. The summed E-state index contributed by atoms with van der Waals surface area (Å²) in [6.45, 7) is 0. The second kappa shape index (κ2) is 6.15. The molecular weight excluding hydrogens is 309 g/mol. The van der Waals surface area contributed by atoms with Gasteiger partial charge >= 0.3 is 12.1 Å². The molecule has 1 aromatic carbocycles. The first-order valence-corrected chi connectivity index (χ1v) is 7.53. The van der Waals surface area contributed by atoms with Gasteiger partial charge in [0.1, 0.15) is 0 Å². The Kier molecular flexibility index (Phi) is 4.67. The third-order valence-electron chi connectivity index (χ3n) is 3.14. The molecule has 0 aromatic heterocycles. The van der Waals surface area contributed by atoms with Gasteiger partial charge in [0.25, 0.3) is 0 Å². The molecule has 1 saturated heterocycles. The van der Waals surface area contributed by atoms with Gasteiger partial charge in [-0.25, -0.2) is 4.79 Å². The van der Waals surface area contributed by atoms with Gasteiger partial charge in [0, 0.05) is 4.90 Å². The maximum atomic E-state index is 12.6. The molecule has 1 aromatic rings. The Morgan fingerprint density at radius 2 is 2.10 bits per heavy atom. The topological polar surface area (TPSA) is 63.6 Å². The fourth-order valence-electron chi connectivity index (χ4n) is 2.09. The molecule has 0 bridgehead atoms. The zero-order valence-electron chi connectivity index (χ0n) is 10.8. The van der Waals surface area contributed by atoms with Crippen molar-refractivity contribution in [2.75, 3.05) is 5.75 Å². The van der Waals surface area contributed by atoms with Gasteiger partial charge < -0.3 is 9.84 Å². The van der Waals surface area contributed by atoms with Crippen LogP contribution >= 0.6 is 0 Å². The number of carboxylic acids is 1. The number of rotatable bonds is 4. The molecule has 1 fully saturated rings. The molecule has 0 radical (unpaired) electrons. The van der Waals surface area contributed by atoms with Crippen molar-refractivity contribution in [3.05, 3.63) is 29.8 Å². The summed E-state index contributed by atoms with van der Waals surface area (Å²) in [5, 5.41) is 8.78. The predicted molar refractivity (Wildman–Crippen MR) is 68.3 cm³/mol. The number of alkyl halides is 3. The van der Waals surface area contributed by atoms with Gasteiger partial charge in [0.05, 0.1) is 28.2 Å². The summed E-state index contributed by atoms with van der Waals surface area (Å²) in [5.41, 5.74) is -0.857. The van der Waals surface area contributed by atoms with Crippen molar-refractivity contribution >= 4 is 16.8 Å². The van der Waals surface area contributed by atoms with Crippen LogP contribution in [0.2, 0.25) is 0 Å². The van der Waals surface area contributed by atoms with E-state index in [9.17, 15) is 22.2 Å². The van der Waals surface area contributed by atoms with E-state index in [0.717, 1.165) is 12.1 Å². The normalized spacial score (nSPS) is 24.0. The molecule has 0 aliphatic carbocycles. The van der Waals surface area contributed by atoms with Crippen molar-refractivity contribution in [1.82, 2.24) is 0 Å². The molecule has 1 heterocycles. The Hall–Kier alpha value is -1.41. The highest BCUT2D eigenvalue weighted by Gasteiger charge is 2.33. The van der Waals surface area contributed by atoms with Crippen LogP contribution in [-0.2, 0) is 26.5 Å². The summed E-state index contributed by atoms with van der Waals surface area (Å²) in [4.78, 5) is 10.8. The molecule has 0 spiro atoms. The van der Waals surface area contributed by atoms with E-state index in [2.05, 4.69) is 0 Å². The molecule has 0 amide bonds. The number of hydrogen-bond acceptors (Lipinski definition) is 3. The first kappa shape index (κ1) is 16.0. The summed E-state index contributed by atoms with van der Waals surface area (Å²) in [5.74, 6) is -1.09. The molecule has 8 heteroatoms. The highest BCUT2D eigenvalue weighted by Crippen LogP contribution is 2.30. The molecular formula is C13H13F3O4S. The largest absolute Gasteiger partial charge is 0.479 e. The van der Waals surface area contributed by atoms with Gasteiger partial charge in [-0.3, -0.25) is 4.21 Å². The third kappa shape index (κ3) is 4.04. The lowest BCUT2D eigenvalue weighted by atomic mass is 10.2. The van der Waals surface area contributed by atoms with Gasteiger partial charge in [-0.2, -0.15) is 13.2 Å². The van der Waals surface area contributed by atoms with Gasteiger partial charge in [-0.15, -0.1) is 0 Å². The zero-order valence-corrected chi connectivity index (χ0v) is 11.6. The molecule has 2 rings (SSSR count). The number of carbonyl (C=O) groups is 1. The lowest BCUT2D eigenvalue weighted by molar-refractivity contribution is -0.149. The van der Waals surface area contributed by atoms with Gasteiger partial charge in [0.15, 0.2) is 6.10 Å². The standard InChI is InChI=1S/C13H13F3O4S/c14-13(15,16)8-2-1-3-10(6-8)21(19)7-9-4-5-11(20-9)12(17)18/h1-3,6,9,11H,4-5,7H2,(H,17,18). The van der Waals surface area contributed by atoms with E-state index in [4.69, 9.17) is 9.84 Å². The van der Waals surface area contributed by atoms with Crippen LogP contribution in [0.15, 0.2) is 29.2 Å². The quantitative estimate of drug-likeness (QED) is 0.925. The molecule has 21 heavy (non-hydrogen) atoms. The fourth-order valence-corrected chi connectivity index (χ4v) is 3.35. The lowest BCUT2D eigenvalue weighted by Gasteiger charge is -2.12. The number of benzene rings is 1. The van der Waals surface area contributed by atoms with Gasteiger partial charge in [-0.1, -0.05) is 6.07 Å². The van der Waals surface area contributed by atoms with E-state index in [-0.39, 0.29) is 10.6 Å². The van der Waals surface area contributed by atoms with E-state index >= 15 is 0 Å². The van der Waals surface area contributed by atoms with E-state index < -0.39 is 40.7 Å².